The van der Waals surface area contributed by atoms with Crippen LogP contribution in [0.3, 0.4) is 0 Å². The molecule has 0 saturated carbocycles. The average Bonchev–Trinajstić information content (AvgIpc) is 3.18. The lowest BCUT2D eigenvalue weighted by molar-refractivity contribution is -0.150. The fourth-order valence-corrected chi connectivity index (χ4v) is 2.66. The van der Waals surface area contributed by atoms with Gasteiger partial charge in [0.2, 0.25) is 5.89 Å². The molecule has 2 aromatic rings. The molecule has 1 aliphatic heterocycles. The predicted octanol–water partition coefficient (Wildman–Crippen LogP) is 2.10. The number of furan rings is 1. The van der Waals surface area contributed by atoms with Gasteiger partial charge in [-0.1, -0.05) is 0 Å². The third-order valence-electron chi connectivity index (χ3n) is 3.68. The normalized spacial score (nSPS) is 19.2. The number of carbonyl (C=O) groups is 1. The quantitative estimate of drug-likeness (QED) is 0.782. The van der Waals surface area contributed by atoms with Crippen molar-refractivity contribution in [3.8, 4) is 11.7 Å². The highest BCUT2D eigenvalue weighted by atomic mass is 16.5. The monoisotopic (exact) mass is 305 g/mol. The summed E-state index contributed by atoms with van der Waals surface area (Å²) in [6.07, 6.45) is 3.40. The van der Waals surface area contributed by atoms with Crippen molar-refractivity contribution in [3.63, 3.8) is 0 Å². The van der Waals surface area contributed by atoms with E-state index in [0.29, 0.717) is 37.2 Å². The van der Waals surface area contributed by atoms with Gasteiger partial charge in [-0.15, -0.1) is 10.2 Å². The van der Waals surface area contributed by atoms with Gasteiger partial charge in [0.1, 0.15) is 0 Å². The molecule has 0 bridgehead atoms. The van der Waals surface area contributed by atoms with E-state index in [-0.39, 0.29) is 11.9 Å². The molecule has 7 nitrogen and oxygen atoms in total. The van der Waals surface area contributed by atoms with E-state index in [1.807, 2.05) is 6.92 Å². The van der Waals surface area contributed by atoms with Gasteiger partial charge in [-0.25, -0.2) is 0 Å². The SMILES string of the molecule is CCOC(=O)[C@H]1CCCN(Cc2nnc(-c3ccco3)o2)C1. The van der Waals surface area contributed by atoms with Gasteiger partial charge in [-0.05, 0) is 38.4 Å². The van der Waals surface area contributed by atoms with Crippen molar-refractivity contribution in [2.45, 2.75) is 26.3 Å². The van der Waals surface area contributed by atoms with E-state index in [0.717, 1.165) is 19.4 Å². The molecule has 118 valence electrons. The molecule has 0 amide bonds. The zero-order valence-corrected chi connectivity index (χ0v) is 12.5. The minimum atomic E-state index is -0.117. The minimum Gasteiger partial charge on any atom is -0.466 e. The van der Waals surface area contributed by atoms with Crippen LogP contribution < -0.4 is 0 Å². The number of likely N-dealkylation sites (tertiary alicyclic amines) is 1. The fraction of sp³-hybridized carbons (Fsp3) is 0.533. The number of nitrogens with zero attached hydrogens (tertiary/aromatic N) is 3. The van der Waals surface area contributed by atoms with Crippen molar-refractivity contribution in [1.29, 1.82) is 0 Å². The van der Waals surface area contributed by atoms with Gasteiger partial charge in [-0.3, -0.25) is 9.69 Å². The molecule has 1 fully saturated rings. The van der Waals surface area contributed by atoms with Crippen molar-refractivity contribution in [3.05, 3.63) is 24.3 Å². The van der Waals surface area contributed by atoms with Gasteiger partial charge < -0.3 is 13.6 Å². The van der Waals surface area contributed by atoms with Gasteiger partial charge >= 0.3 is 5.97 Å². The molecule has 0 aromatic carbocycles. The molecule has 3 heterocycles. The van der Waals surface area contributed by atoms with Crippen LogP contribution in [0.1, 0.15) is 25.7 Å². The van der Waals surface area contributed by atoms with E-state index >= 15 is 0 Å². The Labute approximate surface area is 128 Å². The lowest BCUT2D eigenvalue weighted by atomic mass is 9.98. The molecule has 0 N–H and O–H groups in total. The highest BCUT2D eigenvalue weighted by molar-refractivity contribution is 5.72. The van der Waals surface area contributed by atoms with E-state index in [4.69, 9.17) is 13.6 Å². The van der Waals surface area contributed by atoms with Crippen LogP contribution in [0.4, 0.5) is 0 Å². The van der Waals surface area contributed by atoms with Crippen LogP contribution in [-0.2, 0) is 16.1 Å². The summed E-state index contributed by atoms with van der Waals surface area (Å²) < 4.78 is 15.9. The number of hydrogen-bond donors (Lipinski definition) is 0. The van der Waals surface area contributed by atoms with E-state index < -0.39 is 0 Å². The highest BCUT2D eigenvalue weighted by Crippen LogP contribution is 2.22. The number of esters is 1. The largest absolute Gasteiger partial charge is 0.466 e. The zero-order valence-electron chi connectivity index (χ0n) is 12.5. The van der Waals surface area contributed by atoms with Crippen molar-refractivity contribution in [2.24, 2.45) is 5.92 Å². The number of ether oxygens (including phenoxy) is 1. The number of hydrogen-bond acceptors (Lipinski definition) is 7. The average molecular weight is 305 g/mol. The van der Waals surface area contributed by atoms with E-state index in [1.54, 1.807) is 18.4 Å². The van der Waals surface area contributed by atoms with E-state index in [9.17, 15) is 4.79 Å². The van der Waals surface area contributed by atoms with E-state index in [1.165, 1.54) is 0 Å². The van der Waals surface area contributed by atoms with E-state index in [2.05, 4.69) is 15.1 Å². The number of carbonyl (C=O) groups excluding carboxylic acids is 1. The van der Waals surface area contributed by atoms with Crippen LogP contribution in [-0.4, -0.2) is 40.8 Å². The van der Waals surface area contributed by atoms with Gasteiger partial charge in [0, 0.05) is 6.54 Å². The number of aromatic nitrogens is 2. The fourth-order valence-electron chi connectivity index (χ4n) is 2.66. The Kier molecular flexibility index (Phi) is 4.53. The van der Waals surface area contributed by atoms with Gasteiger partial charge in [-0.2, -0.15) is 0 Å². The summed E-state index contributed by atoms with van der Waals surface area (Å²) in [5, 5.41) is 8.02. The second kappa shape index (κ2) is 6.74. The lowest BCUT2D eigenvalue weighted by Crippen LogP contribution is -2.39. The minimum absolute atomic E-state index is 0.0684. The molecule has 1 saturated heterocycles. The van der Waals surface area contributed by atoms with Gasteiger partial charge in [0.25, 0.3) is 5.89 Å². The van der Waals surface area contributed by atoms with Crippen molar-refractivity contribution >= 4 is 5.97 Å². The number of piperidine rings is 1. The van der Waals surface area contributed by atoms with Crippen LogP contribution in [0.15, 0.2) is 27.2 Å². The lowest BCUT2D eigenvalue weighted by Gasteiger charge is -2.30. The molecule has 1 aliphatic rings. The summed E-state index contributed by atoms with van der Waals surface area (Å²) in [5.74, 6) is 1.27. The molecule has 2 aromatic heterocycles. The standard InChI is InChI=1S/C15H19N3O4/c1-2-20-15(19)11-5-3-7-18(9-11)10-13-16-17-14(22-13)12-6-4-8-21-12/h4,6,8,11H,2-3,5,7,9-10H2,1H3/t11-/m0/s1. The summed E-state index contributed by atoms with van der Waals surface area (Å²) >= 11 is 0. The topological polar surface area (TPSA) is 81.6 Å². The molecule has 0 radical (unpaired) electrons. The van der Waals surface area contributed by atoms with Crippen molar-refractivity contribution in [1.82, 2.24) is 15.1 Å². The third-order valence-corrected chi connectivity index (χ3v) is 3.68. The van der Waals surface area contributed by atoms with Crippen LogP contribution in [0.2, 0.25) is 0 Å². The summed E-state index contributed by atoms with van der Waals surface area (Å²) in [6.45, 7) is 4.36. The predicted molar refractivity (Wildman–Crippen MR) is 76.6 cm³/mol. The van der Waals surface area contributed by atoms with Crippen LogP contribution in [0.25, 0.3) is 11.7 Å². The molecule has 0 unspecified atom stereocenters. The van der Waals surface area contributed by atoms with Crippen LogP contribution in [0, 0.1) is 5.92 Å². The number of rotatable bonds is 5. The second-order valence-corrected chi connectivity index (χ2v) is 5.30. The van der Waals surface area contributed by atoms with Gasteiger partial charge in [0.05, 0.1) is 25.3 Å². The van der Waals surface area contributed by atoms with Crippen molar-refractivity contribution < 1.29 is 18.4 Å². The molecular formula is C15H19N3O4. The third kappa shape index (κ3) is 3.36. The summed E-state index contributed by atoms with van der Waals surface area (Å²) in [5.41, 5.74) is 0. The Hall–Kier alpha value is -2.15. The Bertz CT molecular complexity index is 608. The van der Waals surface area contributed by atoms with Crippen LogP contribution >= 0.6 is 0 Å². The Morgan fingerprint density at radius 2 is 2.41 bits per heavy atom. The first-order valence-corrected chi connectivity index (χ1v) is 7.51. The zero-order chi connectivity index (χ0) is 15.4. The Morgan fingerprint density at radius 3 is 3.18 bits per heavy atom. The molecule has 0 aliphatic carbocycles. The maximum atomic E-state index is 11.8. The maximum absolute atomic E-state index is 11.8. The first-order valence-electron chi connectivity index (χ1n) is 7.51. The molecule has 3 rings (SSSR count). The first kappa shape index (κ1) is 14.8. The summed E-state index contributed by atoms with van der Waals surface area (Å²) in [4.78, 5) is 14.0. The highest BCUT2D eigenvalue weighted by Gasteiger charge is 2.27. The van der Waals surface area contributed by atoms with Gasteiger partial charge in [0.15, 0.2) is 5.76 Å². The second-order valence-electron chi connectivity index (χ2n) is 5.30. The Morgan fingerprint density at radius 1 is 1.50 bits per heavy atom. The summed E-state index contributed by atoms with van der Waals surface area (Å²) in [6, 6.07) is 3.54. The molecule has 0 spiro atoms. The summed E-state index contributed by atoms with van der Waals surface area (Å²) in [7, 11) is 0. The molecule has 7 heteroatoms. The van der Waals surface area contributed by atoms with Crippen molar-refractivity contribution in [2.75, 3.05) is 19.7 Å². The van der Waals surface area contributed by atoms with Crippen LogP contribution in [0.5, 0.6) is 0 Å². The molecule has 1 atom stereocenters. The molecule has 22 heavy (non-hydrogen) atoms. The molecular weight excluding hydrogens is 286 g/mol. The first-order chi connectivity index (χ1) is 10.8. The maximum Gasteiger partial charge on any atom is 0.310 e. The Balaban J connectivity index is 1.60. The smallest absolute Gasteiger partial charge is 0.310 e.